The molecule has 0 fully saturated rings. The molecule has 0 aliphatic heterocycles. The molecule has 20 heavy (non-hydrogen) atoms. The lowest BCUT2D eigenvalue weighted by atomic mass is 10.1. The van der Waals surface area contributed by atoms with Crippen molar-refractivity contribution in [1.82, 2.24) is 14.8 Å². The molecule has 0 radical (unpaired) electrons. The molecule has 7 heteroatoms. The lowest BCUT2D eigenvalue weighted by molar-refractivity contribution is -0.137. The highest BCUT2D eigenvalue weighted by molar-refractivity contribution is 6.16. The van der Waals surface area contributed by atoms with Crippen molar-refractivity contribution in [2.45, 2.75) is 31.9 Å². The van der Waals surface area contributed by atoms with Gasteiger partial charge in [-0.15, -0.1) is 21.8 Å². The summed E-state index contributed by atoms with van der Waals surface area (Å²) in [5.74, 6) is 1.62. The molecule has 3 nitrogen and oxygen atoms in total. The van der Waals surface area contributed by atoms with Gasteiger partial charge < -0.3 is 4.57 Å². The molecule has 0 bridgehead atoms. The molecule has 1 heterocycles. The molecule has 0 amide bonds. The minimum Gasteiger partial charge on any atom is -0.314 e. The summed E-state index contributed by atoms with van der Waals surface area (Å²) in [7, 11) is 0. The van der Waals surface area contributed by atoms with Crippen LogP contribution in [0.3, 0.4) is 0 Å². The van der Waals surface area contributed by atoms with Gasteiger partial charge >= 0.3 is 6.18 Å². The second-order valence-corrected chi connectivity index (χ2v) is 4.55. The Morgan fingerprint density at radius 3 is 2.20 bits per heavy atom. The van der Waals surface area contributed by atoms with Gasteiger partial charge in [-0.3, -0.25) is 0 Å². The van der Waals surface area contributed by atoms with Gasteiger partial charge in [0.05, 0.1) is 11.4 Å². The van der Waals surface area contributed by atoms with Crippen LogP contribution in [0.1, 0.15) is 29.7 Å². The Balaban J connectivity index is 2.20. The quantitative estimate of drug-likeness (QED) is 0.807. The average Bonchev–Trinajstić information content (AvgIpc) is 2.80. The van der Waals surface area contributed by atoms with Crippen molar-refractivity contribution < 1.29 is 13.2 Å². The molecule has 2 aromatic rings. The molecule has 0 atom stereocenters. The van der Waals surface area contributed by atoms with E-state index in [1.807, 2.05) is 11.5 Å². The van der Waals surface area contributed by atoms with E-state index in [9.17, 15) is 13.2 Å². The Bertz CT molecular complexity index is 576. The third-order valence-corrected chi connectivity index (χ3v) is 3.22. The van der Waals surface area contributed by atoms with Gasteiger partial charge in [-0.2, -0.15) is 13.2 Å². The van der Waals surface area contributed by atoms with E-state index in [-0.39, 0.29) is 5.88 Å². The van der Waals surface area contributed by atoms with E-state index >= 15 is 0 Å². The van der Waals surface area contributed by atoms with Crippen LogP contribution in [0.4, 0.5) is 13.2 Å². The van der Waals surface area contributed by atoms with Crippen LogP contribution in [-0.4, -0.2) is 14.8 Å². The fraction of sp³-hybridized carbons (Fsp3) is 0.385. The summed E-state index contributed by atoms with van der Waals surface area (Å²) in [6, 6.07) is 5.06. The molecule has 108 valence electrons. The van der Waals surface area contributed by atoms with Crippen molar-refractivity contribution in [3.05, 3.63) is 47.0 Å². The monoisotopic (exact) mass is 303 g/mol. The number of aromatic nitrogens is 3. The van der Waals surface area contributed by atoms with Gasteiger partial charge in [-0.25, -0.2) is 0 Å². The summed E-state index contributed by atoms with van der Waals surface area (Å²) >= 11 is 5.75. The topological polar surface area (TPSA) is 30.7 Å². The number of hydrogen-bond acceptors (Lipinski definition) is 2. The fourth-order valence-corrected chi connectivity index (χ4v) is 2.16. The Kier molecular flexibility index (Phi) is 4.32. The normalized spacial score (nSPS) is 11.8. The largest absolute Gasteiger partial charge is 0.416 e. The van der Waals surface area contributed by atoms with Crippen LogP contribution >= 0.6 is 11.6 Å². The van der Waals surface area contributed by atoms with Crippen molar-refractivity contribution in [2.75, 3.05) is 0 Å². The van der Waals surface area contributed by atoms with E-state index in [0.29, 0.717) is 24.6 Å². The molecule has 1 aromatic carbocycles. The summed E-state index contributed by atoms with van der Waals surface area (Å²) in [5.41, 5.74) is 0.0980. The molecule has 0 saturated heterocycles. The highest BCUT2D eigenvalue weighted by Gasteiger charge is 2.29. The molecule has 2 rings (SSSR count). The lowest BCUT2D eigenvalue weighted by Crippen LogP contribution is -2.07. The number of benzene rings is 1. The zero-order valence-corrected chi connectivity index (χ0v) is 11.5. The molecular formula is C13H13ClF3N3. The van der Waals surface area contributed by atoms with Gasteiger partial charge in [0.2, 0.25) is 0 Å². The first kappa shape index (κ1) is 14.8. The van der Waals surface area contributed by atoms with E-state index < -0.39 is 11.7 Å². The Morgan fingerprint density at radius 2 is 1.70 bits per heavy atom. The zero-order valence-electron chi connectivity index (χ0n) is 10.8. The second-order valence-electron chi connectivity index (χ2n) is 4.28. The zero-order chi connectivity index (χ0) is 14.8. The van der Waals surface area contributed by atoms with Crippen molar-refractivity contribution in [3.8, 4) is 0 Å². The van der Waals surface area contributed by atoms with Crippen LogP contribution in [0.15, 0.2) is 24.3 Å². The smallest absolute Gasteiger partial charge is 0.314 e. The van der Waals surface area contributed by atoms with Crippen LogP contribution in [0.2, 0.25) is 0 Å². The average molecular weight is 304 g/mol. The molecule has 0 N–H and O–H groups in total. The minimum atomic E-state index is -4.31. The highest BCUT2D eigenvalue weighted by Crippen LogP contribution is 2.29. The van der Waals surface area contributed by atoms with Crippen LogP contribution < -0.4 is 0 Å². The SMILES string of the molecule is CCn1c(CCl)nnc1Cc1ccc(C(F)(F)F)cc1. The maximum absolute atomic E-state index is 12.5. The molecule has 0 aliphatic carbocycles. The second kappa shape index (κ2) is 5.83. The third-order valence-electron chi connectivity index (χ3n) is 2.98. The van der Waals surface area contributed by atoms with Crippen LogP contribution in [0.5, 0.6) is 0 Å². The molecule has 0 spiro atoms. The van der Waals surface area contributed by atoms with Crippen molar-refractivity contribution in [3.63, 3.8) is 0 Å². The maximum atomic E-state index is 12.5. The number of rotatable bonds is 4. The lowest BCUT2D eigenvalue weighted by Gasteiger charge is -2.08. The standard InChI is InChI=1S/C13H13ClF3N3/c1-2-20-11(18-19-12(20)8-14)7-9-3-5-10(6-4-9)13(15,16)17/h3-6H,2,7-8H2,1H3. The summed E-state index contributed by atoms with van der Waals surface area (Å²) in [5, 5.41) is 7.99. The summed E-state index contributed by atoms with van der Waals surface area (Å²) in [6.07, 6.45) is -3.89. The number of nitrogens with zero attached hydrogens (tertiary/aromatic N) is 3. The van der Waals surface area contributed by atoms with Crippen molar-refractivity contribution in [2.24, 2.45) is 0 Å². The third kappa shape index (κ3) is 3.12. The first-order valence-corrected chi connectivity index (χ1v) is 6.62. The van der Waals surface area contributed by atoms with Crippen LogP contribution in [0.25, 0.3) is 0 Å². The Morgan fingerprint density at radius 1 is 1.10 bits per heavy atom. The van der Waals surface area contributed by atoms with Crippen LogP contribution in [-0.2, 0) is 25.0 Å². The fourth-order valence-electron chi connectivity index (χ4n) is 1.96. The summed E-state index contributed by atoms with van der Waals surface area (Å²) < 4.78 is 39.3. The van der Waals surface area contributed by atoms with Gasteiger partial charge in [0.25, 0.3) is 0 Å². The van der Waals surface area contributed by atoms with E-state index in [0.717, 1.165) is 17.7 Å². The predicted octanol–water partition coefficient (Wildman–Crippen LogP) is 3.65. The molecule has 0 saturated carbocycles. The van der Waals surface area contributed by atoms with E-state index in [1.54, 1.807) is 0 Å². The number of hydrogen-bond donors (Lipinski definition) is 0. The molecule has 0 unspecified atom stereocenters. The first-order chi connectivity index (χ1) is 9.45. The first-order valence-electron chi connectivity index (χ1n) is 6.08. The minimum absolute atomic E-state index is 0.258. The van der Waals surface area contributed by atoms with Gasteiger partial charge in [-0.1, -0.05) is 12.1 Å². The van der Waals surface area contributed by atoms with Gasteiger partial charge in [0.1, 0.15) is 11.6 Å². The Hall–Kier alpha value is -1.56. The Labute approximate surface area is 119 Å². The van der Waals surface area contributed by atoms with Gasteiger partial charge in [0.15, 0.2) is 0 Å². The predicted molar refractivity (Wildman–Crippen MR) is 69.5 cm³/mol. The van der Waals surface area contributed by atoms with E-state index in [2.05, 4.69) is 10.2 Å². The van der Waals surface area contributed by atoms with Crippen molar-refractivity contribution in [1.29, 1.82) is 0 Å². The van der Waals surface area contributed by atoms with E-state index in [4.69, 9.17) is 11.6 Å². The maximum Gasteiger partial charge on any atom is 0.416 e. The molecule has 0 aliphatic rings. The molecule has 1 aromatic heterocycles. The van der Waals surface area contributed by atoms with Gasteiger partial charge in [0, 0.05) is 13.0 Å². The summed E-state index contributed by atoms with van der Waals surface area (Å²) in [4.78, 5) is 0. The summed E-state index contributed by atoms with van der Waals surface area (Å²) in [6.45, 7) is 2.61. The van der Waals surface area contributed by atoms with Gasteiger partial charge in [-0.05, 0) is 24.6 Å². The number of alkyl halides is 4. The number of halogens is 4. The molecular weight excluding hydrogens is 291 g/mol. The van der Waals surface area contributed by atoms with E-state index in [1.165, 1.54) is 12.1 Å². The van der Waals surface area contributed by atoms with Crippen molar-refractivity contribution >= 4 is 11.6 Å². The highest BCUT2D eigenvalue weighted by atomic mass is 35.5. The van der Waals surface area contributed by atoms with Crippen LogP contribution in [0, 0.1) is 0 Å².